The molecule has 0 saturated carbocycles. The Labute approximate surface area is 63.0 Å². The van der Waals surface area contributed by atoms with Crippen LogP contribution in [0.2, 0.25) is 0 Å². The van der Waals surface area contributed by atoms with Crippen LogP contribution in [-0.2, 0) is 4.74 Å². The molecule has 0 radical (unpaired) electrons. The van der Waals surface area contributed by atoms with Crippen molar-refractivity contribution in [3.05, 3.63) is 0 Å². The lowest BCUT2D eigenvalue weighted by Crippen LogP contribution is -2.44. The van der Waals surface area contributed by atoms with Crippen LogP contribution in [0.5, 0.6) is 0 Å². The monoisotopic (exact) mass is 172 g/mol. The maximum absolute atomic E-state index is 12.1. The lowest BCUT2D eigenvalue weighted by atomic mass is 10.0. The van der Waals surface area contributed by atoms with Gasteiger partial charge in [-0.05, 0) is 6.92 Å². The van der Waals surface area contributed by atoms with E-state index in [9.17, 15) is 13.2 Å². The molecule has 0 fully saturated rings. The molecule has 0 aromatic heterocycles. The summed E-state index contributed by atoms with van der Waals surface area (Å²) < 4.78 is 40.4. The van der Waals surface area contributed by atoms with Gasteiger partial charge < -0.3 is 9.84 Å². The molecule has 11 heavy (non-hydrogen) atoms. The summed E-state index contributed by atoms with van der Waals surface area (Å²) in [7, 11) is 0.975. The third-order valence-electron chi connectivity index (χ3n) is 1.64. The van der Waals surface area contributed by atoms with Crippen molar-refractivity contribution in [1.82, 2.24) is 0 Å². The minimum Gasteiger partial charge on any atom is -0.396 e. The van der Waals surface area contributed by atoms with Crippen LogP contribution in [-0.4, -0.2) is 30.6 Å². The third-order valence-corrected chi connectivity index (χ3v) is 1.64. The van der Waals surface area contributed by atoms with Crippen LogP contribution in [0, 0.1) is 0 Å². The topological polar surface area (TPSA) is 29.5 Å². The molecule has 68 valence electrons. The first-order chi connectivity index (χ1) is 4.87. The highest BCUT2D eigenvalue weighted by Crippen LogP contribution is 2.35. The van der Waals surface area contributed by atoms with Crippen LogP contribution in [0.4, 0.5) is 13.2 Å². The Hall–Kier alpha value is -0.290. The number of rotatable bonds is 3. The SMILES string of the molecule is COC(C)(CCO)C(F)(F)F. The van der Waals surface area contributed by atoms with Gasteiger partial charge in [-0.1, -0.05) is 0 Å². The Balaban J connectivity index is 4.33. The first-order valence-corrected chi connectivity index (χ1v) is 3.10. The Kier molecular flexibility index (Phi) is 3.31. The van der Waals surface area contributed by atoms with Crippen molar-refractivity contribution in [2.75, 3.05) is 13.7 Å². The average molecular weight is 172 g/mol. The summed E-state index contributed by atoms with van der Waals surface area (Å²) in [5, 5.41) is 8.32. The fourth-order valence-corrected chi connectivity index (χ4v) is 0.573. The molecule has 0 aliphatic heterocycles. The number of halogens is 3. The van der Waals surface area contributed by atoms with Crippen LogP contribution >= 0.6 is 0 Å². The predicted molar refractivity (Wildman–Crippen MR) is 33.2 cm³/mol. The van der Waals surface area contributed by atoms with E-state index in [1.165, 1.54) is 0 Å². The van der Waals surface area contributed by atoms with Crippen molar-refractivity contribution in [1.29, 1.82) is 0 Å². The molecule has 0 aromatic carbocycles. The van der Waals surface area contributed by atoms with Gasteiger partial charge in [0, 0.05) is 20.1 Å². The second-order valence-electron chi connectivity index (χ2n) is 2.41. The molecule has 0 heterocycles. The molecule has 0 amide bonds. The molecule has 0 rings (SSSR count). The Morgan fingerprint density at radius 2 is 1.82 bits per heavy atom. The van der Waals surface area contributed by atoms with E-state index < -0.39 is 24.8 Å². The average Bonchev–Trinajstić information content (AvgIpc) is 1.86. The number of aliphatic hydroxyl groups excluding tert-OH is 1. The Morgan fingerprint density at radius 3 is 1.91 bits per heavy atom. The molecule has 0 spiro atoms. The highest BCUT2D eigenvalue weighted by Gasteiger charge is 2.51. The quantitative estimate of drug-likeness (QED) is 0.696. The molecular formula is C6H11F3O2. The molecule has 1 atom stereocenters. The fourth-order valence-electron chi connectivity index (χ4n) is 0.573. The number of alkyl halides is 3. The second kappa shape index (κ2) is 3.40. The Morgan fingerprint density at radius 1 is 1.36 bits per heavy atom. The molecular weight excluding hydrogens is 161 g/mol. The van der Waals surface area contributed by atoms with Gasteiger partial charge in [0.15, 0.2) is 5.60 Å². The summed E-state index contributed by atoms with van der Waals surface area (Å²) in [5.74, 6) is 0. The van der Waals surface area contributed by atoms with Gasteiger partial charge in [0.25, 0.3) is 0 Å². The van der Waals surface area contributed by atoms with Crippen LogP contribution in [0.1, 0.15) is 13.3 Å². The first-order valence-electron chi connectivity index (χ1n) is 3.10. The number of hydrogen-bond donors (Lipinski definition) is 1. The van der Waals surface area contributed by atoms with Gasteiger partial charge in [0.1, 0.15) is 0 Å². The zero-order valence-corrected chi connectivity index (χ0v) is 6.40. The molecule has 1 unspecified atom stereocenters. The highest BCUT2D eigenvalue weighted by atomic mass is 19.4. The minimum absolute atomic E-state index is 0.438. The van der Waals surface area contributed by atoms with Crippen molar-refractivity contribution < 1.29 is 23.0 Å². The molecule has 0 aliphatic carbocycles. The summed E-state index contributed by atoms with van der Waals surface area (Å²) in [6.45, 7) is 0.368. The summed E-state index contributed by atoms with van der Waals surface area (Å²) >= 11 is 0. The van der Waals surface area contributed by atoms with Crippen LogP contribution < -0.4 is 0 Å². The smallest absolute Gasteiger partial charge is 0.396 e. The van der Waals surface area contributed by atoms with Crippen molar-refractivity contribution in [3.8, 4) is 0 Å². The standard InChI is InChI=1S/C6H11F3O2/c1-5(11-2,3-4-10)6(7,8)9/h10H,3-4H2,1-2H3. The Bertz CT molecular complexity index is 123. The summed E-state index contributed by atoms with van der Waals surface area (Å²) in [4.78, 5) is 0. The van der Waals surface area contributed by atoms with Gasteiger partial charge in [-0.2, -0.15) is 13.2 Å². The van der Waals surface area contributed by atoms with Crippen LogP contribution in [0.3, 0.4) is 0 Å². The van der Waals surface area contributed by atoms with E-state index in [0.29, 0.717) is 0 Å². The van der Waals surface area contributed by atoms with Crippen LogP contribution in [0.15, 0.2) is 0 Å². The number of hydrogen-bond acceptors (Lipinski definition) is 2. The summed E-state index contributed by atoms with van der Waals surface area (Å²) in [6.07, 6.45) is -4.86. The number of ether oxygens (including phenoxy) is 1. The van der Waals surface area contributed by atoms with E-state index in [0.717, 1.165) is 14.0 Å². The first kappa shape index (κ1) is 10.7. The highest BCUT2D eigenvalue weighted by molar-refractivity contribution is 4.82. The lowest BCUT2D eigenvalue weighted by molar-refractivity contribution is -0.266. The van der Waals surface area contributed by atoms with Gasteiger partial charge in [-0.15, -0.1) is 0 Å². The van der Waals surface area contributed by atoms with Crippen molar-refractivity contribution >= 4 is 0 Å². The number of methoxy groups -OCH3 is 1. The lowest BCUT2D eigenvalue weighted by Gasteiger charge is -2.29. The van der Waals surface area contributed by atoms with Gasteiger partial charge in [0.2, 0.25) is 0 Å². The van der Waals surface area contributed by atoms with Crippen LogP contribution in [0.25, 0.3) is 0 Å². The molecule has 0 bridgehead atoms. The van der Waals surface area contributed by atoms with Crippen molar-refractivity contribution in [2.24, 2.45) is 0 Å². The maximum Gasteiger partial charge on any atom is 0.417 e. The van der Waals surface area contributed by atoms with E-state index in [-0.39, 0.29) is 0 Å². The molecule has 2 nitrogen and oxygen atoms in total. The van der Waals surface area contributed by atoms with Gasteiger partial charge in [-0.3, -0.25) is 0 Å². The number of aliphatic hydroxyl groups is 1. The molecule has 1 N–H and O–H groups in total. The zero-order chi connectivity index (χ0) is 9.12. The van der Waals surface area contributed by atoms with E-state index in [4.69, 9.17) is 5.11 Å². The normalized spacial score (nSPS) is 18.0. The second-order valence-corrected chi connectivity index (χ2v) is 2.41. The van der Waals surface area contributed by atoms with E-state index in [2.05, 4.69) is 4.74 Å². The van der Waals surface area contributed by atoms with E-state index in [1.807, 2.05) is 0 Å². The van der Waals surface area contributed by atoms with Crippen molar-refractivity contribution in [3.63, 3.8) is 0 Å². The predicted octanol–water partition coefficient (Wildman–Crippen LogP) is 1.34. The van der Waals surface area contributed by atoms with E-state index >= 15 is 0 Å². The molecule has 0 aliphatic rings. The van der Waals surface area contributed by atoms with Gasteiger partial charge in [0.05, 0.1) is 0 Å². The zero-order valence-electron chi connectivity index (χ0n) is 6.40. The molecule has 5 heteroatoms. The summed E-state index contributed by atoms with van der Waals surface area (Å²) in [5.41, 5.74) is -2.22. The van der Waals surface area contributed by atoms with Gasteiger partial charge >= 0.3 is 6.18 Å². The maximum atomic E-state index is 12.1. The largest absolute Gasteiger partial charge is 0.417 e. The third kappa shape index (κ3) is 2.34. The van der Waals surface area contributed by atoms with Gasteiger partial charge in [-0.25, -0.2) is 0 Å². The molecule has 0 saturated heterocycles. The minimum atomic E-state index is -4.43. The van der Waals surface area contributed by atoms with E-state index in [1.54, 1.807) is 0 Å². The fraction of sp³-hybridized carbons (Fsp3) is 1.00. The van der Waals surface area contributed by atoms with Crippen molar-refractivity contribution in [2.45, 2.75) is 25.1 Å². The summed E-state index contributed by atoms with van der Waals surface area (Å²) in [6, 6.07) is 0. The molecule has 0 aromatic rings.